The fourth-order valence-electron chi connectivity index (χ4n) is 4.65. The molecule has 0 aliphatic heterocycles. The average molecular weight is 428 g/mol. The van der Waals surface area contributed by atoms with Crippen LogP contribution in [0.3, 0.4) is 0 Å². The summed E-state index contributed by atoms with van der Waals surface area (Å²) >= 11 is 0. The summed E-state index contributed by atoms with van der Waals surface area (Å²) in [7, 11) is -1.85. The number of hydrogen-bond acceptors (Lipinski definition) is 1. The number of carbonyl (C=O) groups excluding carboxylic acids is 1. The van der Waals surface area contributed by atoms with E-state index in [4.69, 9.17) is 0 Å². The molecule has 1 amide bonds. The minimum atomic E-state index is -1.85. The second-order valence-corrected chi connectivity index (χ2v) is 12.0. The first-order valence-electron chi connectivity index (χ1n) is 11.1. The highest BCUT2D eigenvalue weighted by Gasteiger charge is 2.43. The van der Waals surface area contributed by atoms with E-state index in [0.717, 1.165) is 19.3 Å². The van der Waals surface area contributed by atoms with Gasteiger partial charge in [0.05, 0.1) is 0 Å². The monoisotopic (exact) mass is 427 g/mol. The van der Waals surface area contributed by atoms with Crippen LogP contribution in [0.4, 0.5) is 0 Å². The zero-order chi connectivity index (χ0) is 22.1. The third kappa shape index (κ3) is 5.83. The molecule has 1 atom stereocenters. The molecule has 0 heterocycles. The van der Waals surface area contributed by atoms with Crippen molar-refractivity contribution in [3.8, 4) is 0 Å². The Bertz CT molecular complexity index is 917. The van der Waals surface area contributed by atoms with Gasteiger partial charge in [0.15, 0.2) is 0 Å². The van der Waals surface area contributed by atoms with E-state index in [-0.39, 0.29) is 11.1 Å². The largest absolute Gasteiger partial charge is 0.349 e. The van der Waals surface area contributed by atoms with Gasteiger partial charge in [0.25, 0.3) is 5.91 Å². The highest BCUT2D eigenvalue weighted by molar-refractivity contribution is 6.87. The molecule has 0 radical (unpaired) electrons. The summed E-state index contributed by atoms with van der Waals surface area (Å²) in [5, 5.41) is 5.98. The molecule has 0 aromatic heterocycles. The predicted octanol–water partition coefficient (Wildman–Crippen LogP) is 4.75. The van der Waals surface area contributed by atoms with E-state index < -0.39 is 8.80 Å². The first kappa shape index (κ1) is 22.8. The highest BCUT2D eigenvalue weighted by Crippen LogP contribution is 2.27. The summed E-state index contributed by atoms with van der Waals surface area (Å²) in [6, 6.07) is 31.1. The SMILES string of the molecule is C=CCCC(CC(C)C)(NC(=O)c1ccccc1)[SiH](c1ccccc1)c1ccccc1. The fraction of sp³-hybridized carbons (Fsp3) is 0.250. The molecule has 160 valence electrons. The summed E-state index contributed by atoms with van der Waals surface area (Å²) < 4.78 is 0. The molecular formula is C28H33NOSi. The molecule has 0 spiro atoms. The van der Waals surface area contributed by atoms with Gasteiger partial charge in [-0.05, 0) is 37.3 Å². The topological polar surface area (TPSA) is 29.1 Å². The van der Waals surface area contributed by atoms with Crippen molar-refractivity contribution < 1.29 is 4.79 Å². The van der Waals surface area contributed by atoms with Gasteiger partial charge in [-0.3, -0.25) is 4.79 Å². The molecule has 0 aliphatic carbocycles. The van der Waals surface area contributed by atoms with Crippen LogP contribution in [0, 0.1) is 5.92 Å². The number of amides is 1. The molecule has 0 bridgehead atoms. The van der Waals surface area contributed by atoms with Crippen LogP contribution < -0.4 is 15.7 Å². The van der Waals surface area contributed by atoms with Crippen LogP contribution >= 0.6 is 0 Å². The van der Waals surface area contributed by atoms with E-state index in [0.29, 0.717) is 11.5 Å². The lowest BCUT2D eigenvalue weighted by atomic mass is 9.98. The second-order valence-electron chi connectivity index (χ2n) is 8.66. The van der Waals surface area contributed by atoms with Crippen molar-refractivity contribution in [1.82, 2.24) is 5.32 Å². The Kier molecular flexibility index (Phi) is 8.02. The maximum absolute atomic E-state index is 13.5. The number of carbonyl (C=O) groups is 1. The third-order valence-electron chi connectivity index (χ3n) is 5.78. The fourth-order valence-corrected chi connectivity index (χ4v) is 8.96. The Morgan fingerprint density at radius 2 is 1.39 bits per heavy atom. The van der Waals surface area contributed by atoms with Crippen LogP contribution in [0.2, 0.25) is 0 Å². The summed E-state index contributed by atoms with van der Waals surface area (Å²) in [6.45, 7) is 8.49. The molecule has 0 aliphatic rings. The van der Waals surface area contributed by atoms with Gasteiger partial charge in [-0.2, -0.15) is 0 Å². The van der Waals surface area contributed by atoms with Crippen molar-refractivity contribution in [1.29, 1.82) is 0 Å². The van der Waals surface area contributed by atoms with Crippen LogP contribution in [-0.4, -0.2) is 19.9 Å². The zero-order valence-electron chi connectivity index (χ0n) is 18.6. The molecule has 3 heteroatoms. The van der Waals surface area contributed by atoms with E-state index in [1.165, 1.54) is 10.4 Å². The normalized spacial score (nSPS) is 13.0. The number of nitrogens with one attached hydrogen (secondary N) is 1. The number of rotatable bonds is 10. The van der Waals surface area contributed by atoms with Crippen molar-refractivity contribution >= 4 is 25.1 Å². The maximum atomic E-state index is 13.5. The van der Waals surface area contributed by atoms with E-state index in [1.54, 1.807) is 0 Å². The summed E-state index contributed by atoms with van der Waals surface area (Å²) in [5.41, 5.74) is 0.711. The van der Waals surface area contributed by atoms with Crippen LogP contribution in [-0.2, 0) is 0 Å². The van der Waals surface area contributed by atoms with Gasteiger partial charge < -0.3 is 5.32 Å². The number of hydrogen-bond donors (Lipinski definition) is 1. The molecule has 1 N–H and O–H groups in total. The van der Waals surface area contributed by atoms with E-state index >= 15 is 0 Å². The molecule has 0 saturated heterocycles. The van der Waals surface area contributed by atoms with Gasteiger partial charge in [-0.25, -0.2) is 0 Å². The van der Waals surface area contributed by atoms with Gasteiger partial charge in [0, 0.05) is 10.7 Å². The van der Waals surface area contributed by atoms with Crippen molar-refractivity contribution in [2.24, 2.45) is 5.92 Å². The lowest BCUT2D eigenvalue weighted by Crippen LogP contribution is -2.68. The highest BCUT2D eigenvalue weighted by atomic mass is 28.3. The van der Waals surface area contributed by atoms with E-state index in [9.17, 15) is 4.79 Å². The quantitative estimate of drug-likeness (QED) is 0.367. The molecule has 3 aromatic carbocycles. The van der Waals surface area contributed by atoms with E-state index in [2.05, 4.69) is 86.4 Å². The summed E-state index contributed by atoms with van der Waals surface area (Å²) in [4.78, 5) is 13.5. The van der Waals surface area contributed by atoms with Gasteiger partial charge in [-0.1, -0.05) is 109 Å². The zero-order valence-corrected chi connectivity index (χ0v) is 19.8. The standard InChI is InChI=1S/C28H33NOSi/c1-4-5-21-28(22-23(2)3,29-27(30)24-15-9-6-10-16-24)31(25-17-11-7-12-18-25)26-19-13-8-14-20-26/h4,6-20,23,31H,1,5,21-22H2,2-3H3,(H,29,30). The molecular weight excluding hydrogens is 394 g/mol. The van der Waals surface area contributed by atoms with Crippen molar-refractivity contribution in [2.45, 2.75) is 38.3 Å². The first-order valence-corrected chi connectivity index (χ1v) is 12.9. The Labute approximate surface area is 188 Å². The maximum Gasteiger partial charge on any atom is 0.251 e. The van der Waals surface area contributed by atoms with Gasteiger partial charge in [-0.15, -0.1) is 6.58 Å². The van der Waals surface area contributed by atoms with Crippen LogP contribution in [0.5, 0.6) is 0 Å². The van der Waals surface area contributed by atoms with E-state index in [1.807, 2.05) is 36.4 Å². The van der Waals surface area contributed by atoms with Crippen LogP contribution in [0.25, 0.3) is 0 Å². The van der Waals surface area contributed by atoms with Crippen molar-refractivity contribution in [3.63, 3.8) is 0 Å². The van der Waals surface area contributed by atoms with Gasteiger partial charge in [0.1, 0.15) is 8.80 Å². The lowest BCUT2D eigenvalue weighted by Gasteiger charge is -2.43. The molecule has 3 aromatic rings. The number of allylic oxidation sites excluding steroid dienone is 1. The smallest absolute Gasteiger partial charge is 0.251 e. The Morgan fingerprint density at radius 1 is 0.903 bits per heavy atom. The molecule has 1 unspecified atom stereocenters. The lowest BCUT2D eigenvalue weighted by molar-refractivity contribution is 0.0915. The minimum Gasteiger partial charge on any atom is -0.349 e. The van der Waals surface area contributed by atoms with Crippen LogP contribution in [0.15, 0.2) is 104 Å². The average Bonchev–Trinajstić information content (AvgIpc) is 2.79. The first-order chi connectivity index (χ1) is 15.1. The van der Waals surface area contributed by atoms with Gasteiger partial charge >= 0.3 is 0 Å². The summed E-state index contributed by atoms with van der Waals surface area (Å²) in [6.07, 6.45) is 4.66. The van der Waals surface area contributed by atoms with Gasteiger partial charge in [0.2, 0.25) is 0 Å². The third-order valence-corrected chi connectivity index (χ3v) is 9.66. The predicted molar refractivity (Wildman–Crippen MR) is 135 cm³/mol. The second kappa shape index (κ2) is 10.9. The molecule has 0 fully saturated rings. The Morgan fingerprint density at radius 3 is 1.84 bits per heavy atom. The Balaban J connectivity index is 2.16. The Hall–Kier alpha value is -2.91. The minimum absolute atomic E-state index is 0.00896. The molecule has 2 nitrogen and oxygen atoms in total. The molecule has 31 heavy (non-hydrogen) atoms. The van der Waals surface area contributed by atoms with Crippen molar-refractivity contribution in [2.75, 3.05) is 0 Å². The summed E-state index contributed by atoms with van der Waals surface area (Å²) in [5.74, 6) is 0.456. The molecule has 0 saturated carbocycles. The van der Waals surface area contributed by atoms with Crippen LogP contribution in [0.1, 0.15) is 43.5 Å². The number of benzene rings is 3. The molecule has 3 rings (SSSR count). The van der Waals surface area contributed by atoms with Crippen molar-refractivity contribution in [3.05, 3.63) is 109 Å².